The van der Waals surface area contributed by atoms with Crippen LogP contribution in [0.15, 0.2) is 133 Å². The number of hydrogen-bond acceptors (Lipinski definition) is 3. The minimum atomic E-state index is -0.754. The van der Waals surface area contributed by atoms with Crippen LogP contribution in [0.1, 0.15) is 99.2 Å². The summed E-state index contributed by atoms with van der Waals surface area (Å²) in [5.41, 5.74) is 19.8. The normalized spacial score (nSPS) is 14.1. The summed E-state index contributed by atoms with van der Waals surface area (Å²) >= 11 is 0. The zero-order valence-electron chi connectivity index (χ0n) is 31.7. The number of carbonyl (C=O) groups excluding carboxylic acids is 3. The first kappa shape index (κ1) is 34.3. The monoisotopic (exact) mass is 712 g/mol. The van der Waals surface area contributed by atoms with Gasteiger partial charge in [0.1, 0.15) is 18.9 Å². The fraction of sp³-hybridized carbons (Fsp3) is 0.135. The molecule has 0 saturated carbocycles. The summed E-state index contributed by atoms with van der Waals surface area (Å²) in [6, 6.07) is 46.9. The highest BCUT2D eigenvalue weighted by atomic mass is 16.1. The maximum Gasteiger partial charge on any atom is 0.150 e. The van der Waals surface area contributed by atoms with Crippen LogP contribution >= 0.6 is 0 Å². The van der Waals surface area contributed by atoms with Crippen molar-refractivity contribution in [2.24, 2.45) is 0 Å². The van der Waals surface area contributed by atoms with Crippen LogP contribution in [0.4, 0.5) is 0 Å². The Morgan fingerprint density at radius 1 is 0.382 bits per heavy atom. The first-order chi connectivity index (χ1) is 26.6. The molecule has 2 aliphatic carbocycles. The van der Waals surface area contributed by atoms with E-state index < -0.39 is 10.8 Å². The number of hydrogen-bond donors (Lipinski definition) is 0. The molecule has 9 rings (SSSR count). The van der Waals surface area contributed by atoms with Gasteiger partial charge in [0.25, 0.3) is 0 Å². The van der Waals surface area contributed by atoms with E-state index in [1.165, 1.54) is 33.4 Å². The lowest BCUT2D eigenvalue weighted by Crippen LogP contribution is -2.29. The second kappa shape index (κ2) is 12.6. The van der Waals surface area contributed by atoms with E-state index in [1.54, 1.807) is 0 Å². The lowest BCUT2D eigenvalue weighted by molar-refractivity contribution is 0.111. The average Bonchev–Trinajstić information content (AvgIpc) is 3.63. The molecule has 0 unspecified atom stereocenters. The largest absolute Gasteiger partial charge is 0.298 e. The second-order valence-electron chi connectivity index (χ2n) is 15.7. The third kappa shape index (κ3) is 4.99. The molecule has 7 aromatic rings. The van der Waals surface area contributed by atoms with E-state index >= 15 is 0 Å². The fourth-order valence-corrected chi connectivity index (χ4v) is 9.58. The number of fused-ring (bicyclic) bond motifs is 6. The van der Waals surface area contributed by atoms with Gasteiger partial charge >= 0.3 is 0 Å². The molecule has 2 aliphatic rings. The number of carbonyl (C=O) groups is 3. The van der Waals surface area contributed by atoms with Crippen molar-refractivity contribution in [3.05, 3.63) is 211 Å². The Hall–Kier alpha value is -6.45. The van der Waals surface area contributed by atoms with Gasteiger partial charge in [-0.05, 0) is 125 Å². The molecule has 55 heavy (non-hydrogen) atoms. The van der Waals surface area contributed by atoms with Crippen LogP contribution in [-0.4, -0.2) is 18.9 Å². The zero-order valence-corrected chi connectivity index (χ0v) is 31.7. The maximum atomic E-state index is 12.9. The van der Waals surface area contributed by atoms with E-state index in [4.69, 9.17) is 0 Å². The zero-order chi connectivity index (χ0) is 38.2. The standard InChI is InChI=1S/C52H40O3/c1-31-6-17-42-43-18-7-32(2)22-47(43)51(5,46(42)21-31)41-26-37(30-55)25-38(27-41)45-20-34(4)24-49-50(45)44-19-8-33(3)23-48(44)52(49,39-13-9-35(28-53)10-14-39)40-15-11-36(29-54)12-16-40/h6-30H,1-5H3. The van der Waals surface area contributed by atoms with E-state index in [0.29, 0.717) is 16.7 Å². The highest BCUT2D eigenvalue weighted by Gasteiger charge is 2.48. The quantitative estimate of drug-likeness (QED) is 0.155. The van der Waals surface area contributed by atoms with Crippen molar-refractivity contribution in [1.82, 2.24) is 0 Å². The minimum absolute atomic E-state index is 0.497. The van der Waals surface area contributed by atoms with Crippen molar-refractivity contribution in [3.63, 3.8) is 0 Å². The van der Waals surface area contributed by atoms with E-state index in [2.05, 4.69) is 138 Å². The fourth-order valence-electron chi connectivity index (χ4n) is 9.58. The summed E-state index contributed by atoms with van der Waals surface area (Å²) in [5, 5.41) is 0. The van der Waals surface area contributed by atoms with Gasteiger partial charge in [-0.2, -0.15) is 0 Å². The van der Waals surface area contributed by atoms with Crippen LogP contribution < -0.4 is 0 Å². The summed E-state index contributed by atoms with van der Waals surface area (Å²) in [7, 11) is 0. The molecular formula is C52H40O3. The van der Waals surface area contributed by atoms with Crippen molar-refractivity contribution in [2.75, 3.05) is 0 Å². The number of rotatable bonds is 7. The van der Waals surface area contributed by atoms with Gasteiger partial charge in [-0.25, -0.2) is 0 Å². The van der Waals surface area contributed by atoms with Gasteiger partial charge in [-0.3, -0.25) is 14.4 Å². The molecule has 0 atom stereocenters. The molecule has 0 spiro atoms. The van der Waals surface area contributed by atoms with Gasteiger partial charge in [0.2, 0.25) is 0 Å². The summed E-state index contributed by atoms with van der Waals surface area (Å²) in [5.74, 6) is 0. The van der Waals surface area contributed by atoms with Crippen LogP contribution in [0.25, 0.3) is 33.4 Å². The molecule has 0 aromatic heterocycles. The average molecular weight is 713 g/mol. The van der Waals surface area contributed by atoms with Crippen LogP contribution in [-0.2, 0) is 10.8 Å². The predicted molar refractivity (Wildman–Crippen MR) is 222 cm³/mol. The topological polar surface area (TPSA) is 51.2 Å². The second-order valence-corrected chi connectivity index (χ2v) is 15.7. The van der Waals surface area contributed by atoms with Crippen molar-refractivity contribution < 1.29 is 14.4 Å². The first-order valence-electron chi connectivity index (χ1n) is 18.8. The van der Waals surface area contributed by atoms with Gasteiger partial charge < -0.3 is 0 Å². The van der Waals surface area contributed by atoms with E-state index in [9.17, 15) is 14.4 Å². The molecule has 7 aromatic carbocycles. The molecule has 0 fully saturated rings. The molecule has 0 N–H and O–H groups in total. The van der Waals surface area contributed by atoms with Gasteiger partial charge in [0.15, 0.2) is 0 Å². The molecule has 0 bridgehead atoms. The Labute approximate surface area is 322 Å². The molecule has 266 valence electrons. The Morgan fingerprint density at radius 2 is 0.855 bits per heavy atom. The summed E-state index contributed by atoms with van der Waals surface area (Å²) < 4.78 is 0. The molecule has 0 saturated heterocycles. The summed E-state index contributed by atoms with van der Waals surface area (Å²) in [6.07, 6.45) is 2.72. The Balaban J connectivity index is 1.37. The number of benzene rings is 7. The first-order valence-corrected chi connectivity index (χ1v) is 18.8. The Kier molecular flexibility index (Phi) is 7.84. The molecule has 3 heteroatoms. The summed E-state index contributed by atoms with van der Waals surface area (Å²) in [4.78, 5) is 36.6. The van der Waals surface area contributed by atoms with Crippen LogP contribution in [0, 0.1) is 27.7 Å². The molecule has 0 radical (unpaired) electrons. The highest BCUT2D eigenvalue weighted by Crippen LogP contribution is 2.59. The predicted octanol–water partition coefficient (Wildman–Crippen LogP) is 11.7. The van der Waals surface area contributed by atoms with Gasteiger partial charge in [-0.1, -0.05) is 138 Å². The lowest BCUT2D eigenvalue weighted by atomic mass is 9.67. The molecule has 0 amide bonds. The van der Waals surface area contributed by atoms with Crippen LogP contribution in [0.5, 0.6) is 0 Å². The smallest absolute Gasteiger partial charge is 0.150 e. The lowest BCUT2D eigenvalue weighted by Gasteiger charge is -2.34. The molecule has 3 nitrogen and oxygen atoms in total. The molecular weight excluding hydrogens is 673 g/mol. The Bertz CT molecular complexity index is 2650. The van der Waals surface area contributed by atoms with E-state index in [-0.39, 0.29) is 0 Å². The summed E-state index contributed by atoms with van der Waals surface area (Å²) in [6.45, 7) is 10.8. The van der Waals surface area contributed by atoms with Crippen LogP contribution in [0.2, 0.25) is 0 Å². The molecule has 0 aliphatic heterocycles. The third-order valence-corrected chi connectivity index (χ3v) is 12.2. The van der Waals surface area contributed by atoms with Crippen LogP contribution in [0.3, 0.4) is 0 Å². The van der Waals surface area contributed by atoms with Crippen molar-refractivity contribution >= 4 is 18.9 Å². The SMILES string of the molecule is Cc1ccc2c(c1)C(C)(c1cc(C=O)cc(-c3cc(C)cc4c3-c3ccc(C)cc3C4(c3ccc(C=O)cc3)c3ccc(C=O)cc3)c1)c1cc(C)ccc1-2. The van der Waals surface area contributed by atoms with Crippen molar-refractivity contribution in [3.8, 4) is 33.4 Å². The number of aryl methyl sites for hydroxylation is 4. The maximum absolute atomic E-state index is 12.9. The van der Waals surface area contributed by atoms with Gasteiger partial charge in [0.05, 0.1) is 5.41 Å². The molecule has 0 heterocycles. The van der Waals surface area contributed by atoms with Crippen molar-refractivity contribution in [1.29, 1.82) is 0 Å². The van der Waals surface area contributed by atoms with Gasteiger partial charge in [-0.15, -0.1) is 0 Å². The van der Waals surface area contributed by atoms with E-state index in [1.807, 2.05) is 30.3 Å². The third-order valence-electron chi connectivity index (χ3n) is 12.2. The van der Waals surface area contributed by atoms with E-state index in [0.717, 1.165) is 80.1 Å². The Morgan fingerprint density at radius 3 is 1.36 bits per heavy atom. The minimum Gasteiger partial charge on any atom is -0.298 e. The van der Waals surface area contributed by atoms with Gasteiger partial charge in [0, 0.05) is 22.1 Å². The number of aldehydes is 3. The highest BCUT2D eigenvalue weighted by molar-refractivity contribution is 5.97. The van der Waals surface area contributed by atoms with Crippen molar-refractivity contribution in [2.45, 2.75) is 45.4 Å².